The Morgan fingerprint density at radius 1 is 1.27 bits per heavy atom. The highest BCUT2D eigenvalue weighted by Gasteiger charge is 2.36. The maximum Gasteiger partial charge on any atom is 0.239 e. The number of benzene rings is 1. The molecule has 2 aliphatic rings. The summed E-state index contributed by atoms with van der Waals surface area (Å²) in [6.45, 7) is 1.05. The lowest BCUT2D eigenvalue weighted by molar-refractivity contribution is -0.139. The van der Waals surface area contributed by atoms with Gasteiger partial charge in [0.2, 0.25) is 11.8 Å². The van der Waals surface area contributed by atoms with Gasteiger partial charge in [-0.2, -0.15) is 0 Å². The fraction of sp³-hybridized carbons (Fsp3) is 0.600. The molecule has 142 valence electrons. The highest BCUT2D eigenvalue weighted by Crippen LogP contribution is 2.35. The van der Waals surface area contributed by atoms with Gasteiger partial charge in [-0.3, -0.25) is 14.5 Å². The molecule has 0 aromatic heterocycles. The van der Waals surface area contributed by atoms with Crippen molar-refractivity contribution in [3.8, 4) is 0 Å². The van der Waals surface area contributed by atoms with Crippen LogP contribution in [0.25, 0.3) is 0 Å². The van der Waals surface area contributed by atoms with Crippen LogP contribution in [0.4, 0.5) is 0 Å². The molecule has 0 bridgehead atoms. The lowest BCUT2D eigenvalue weighted by Crippen LogP contribution is -2.52. The molecule has 1 saturated carbocycles. The summed E-state index contributed by atoms with van der Waals surface area (Å²) < 4.78 is 0.891. The van der Waals surface area contributed by atoms with E-state index in [9.17, 15) is 9.59 Å². The summed E-state index contributed by atoms with van der Waals surface area (Å²) in [6, 6.07) is 7.32. The average molecular weight is 422 g/mol. The zero-order valence-corrected chi connectivity index (χ0v) is 17.0. The number of fused-ring (bicyclic) bond motifs is 1. The summed E-state index contributed by atoms with van der Waals surface area (Å²) in [7, 11) is 1.80. The largest absolute Gasteiger partial charge is 0.368 e. The Bertz CT molecular complexity index is 664. The van der Waals surface area contributed by atoms with Gasteiger partial charge < -0.3 is 10.6 Å². The Morgan fingerprint density at radius 2 is 2.00 bits per heavy atom. The summed E-state index contributed by atoms with van der Waals surface area (Å²) in [5.41, 5.74) is 6.46. The quantitative estimate of drug-likeness (QED) is 0.793. The molecule has 3 atom stereocenters. The van der Waals surface area contributed by atoms with E-state index in [4.69, 9.17) is 5.73 Å². The smallest absolute Gasteiger partial charge is 0.239 e. The zero-order valence-electron chi connectivity index (χ0n) is 15.4. The highest BCUT2D eigenvalue weighted by atomic mass is 79.9. The number of piperidine rings is 1. The molecule has 1 aromatic carbocycles. The third-order valence-corrected chi connectivity index (χ3v) is 6.32. The van der Waals surface area contributed by atoms with Crippen LogP contribution in [0.2, 0.25) is 0 Å². The molecule has 6 heteroatoms. The lowest BCUT2D eigenvalue weighted by atomic mass is 9.78. The molecule has 2 N–H and O–H groups in total. The van der Waals surface area contributed by atoms with Gasteiger partial charge in [0.05, 0.1) is 6.54 Å². The molecule has 3 rings (SSSR count). The molecule has 1 saturated heterocycles. The van der Waals surface area contributed by atoms with E-state index < -0.39 is 11.9 Å². The van der Waals surface area contributed by atoms with Crippen molar-refractivity contribution in [2.45, 2.75) is 50.6 Å². The molecule has 2 fully saturated rings. The number of primary amides is 1. The molecule has 1 aliphatic carbocycles. The lowest BCUT2D eigenvalue weighted by Gasteiger charge is -2.44. The van der Waals surface area contributed by atoms with E-state index >= 15 is 0 Å². The Balaban J connectivity index is 1.71. The van der Waals surface area contributed by atoms with E-state index in [-0.39, 0.29) is 12.5 Å². The first kappa shape index (κ1) is 19.4. The van der Waals surface area contributed by atoms with Gasteiger partial charge >= 0.3 is 0 Å². The third kappa shape index (κ3) is 4.29. The summed E-state index contributed by atoms with van der Waals surface area (Å²) in [5, 5.41) is 0. The Morgan fingerprint density at radius 3 is 2.73 bits per heavy atom. The van der Waals surface area contributed by atoms with Gasteiger partial charge in [-0.15, -0.1) is 0 Å². The van der Waals surface area contributed by atoms with Crippen molar-refractivity contribution in [1.29, 1.82) is 0 Å². The Kier molecular flexibility index (Phi) is 6.35. The SMILES string of the molecule is CN(CC(=O)N1CCCC2CCCCC21)C(C(N)=O)c1cccc(Br)c1. The van der Waals surface area contributed by atoms with Crippen LogP contribution in [0.15, 0.2) is 28.7 Å². The van der Waals surface area contributed by atoms with Crippen molar-refractivity contribution in [2.75, 3.05) is 20.1 Å². The molecular formula is C20H28BrN3O2. The van der Waals surface area contributed by atoms with Crippen LogP contribution >= 0.6 is 15.9 Å². The molecule has 5 nitrogen and oxygen atoms in total. The number of hydrogen-bond donors (Lipinski definition) is 1. The predicted molar refractivity (Wildman–Crippen MR) is 105 cm³/mol. The maximum absolute atomic E-state index is 13.0. The van der Waals surface area contributed by atoms with Crippen LogP contribution in [-0.2, 0) is 9.59 Å². The van der Waals surface area contributed by atoms with Crippen molar-refractivity contribution >= 4 is 27.7 Å². The number of halogens is 1. The number of nitrogens with zero attached hydrogens (tertiary/aromatic N) is 2. The fourth-order valence-electron chi connectivity index (χ4n) is 4.64. The van der Waals surface area contributed by atoms with Crippen LogP contribution in [0.5, 0.6) is 0 Å². The van der Waals surface area contributed by atoms with Crippen molar-refractivity contribution in [3.63, 3.8) is 0 Å². The van der Waals surface area contributed by atoms with Crippen LogP contribution < -0.4 is 5.73 Å². The van der Waals surface area contributed by atoms with E-state index in [1.54, 1.807) is 11.9 Å². The second-order valence-electron chi connectivity index (χ2n) is 7.62. The normalized spacial score (nSPS) is 24.2. The van der Waals surface area contributed by atoms with Crippen LogP contribution in [0.1, 0.15) is 50.1 Å². The summed E-state index contributed by atoms with van der Waals surface area (Å²) in [6.07, 6.45) is 7.18. The third-order valence-electron chi connectivity index (χ3n) is 5.82. The number of likely N-dealkylation sites (N-methyl/N-ethyl adjacent to an activating group) is 1. The van der Waals surface area contributed by atoms with Gasteiger partial charge in [0.25, 0.3) is 0 Å². The summed E-state index contributed by atoms with van der Waals surface area (Å²) in [5.74, 6) is 0.335. The highest BCUT2D eigenvalue weighted by molar-refractivity contribution is 9.10. The first-order valence-corrected chi connectivity index (χ1v) is 10.3. The Hall–Kier alpha value is -1.40. The standard InChI is InChI=1S/C20H28BrN3O2/c1-23(19(20(22)26)15-7-4-9-16(21)12-15)13-18(25)24-11-5-8-14-6-2-3-10-17(14)24/h4,7,9,12,14,17,19H,2-3,5-6,8,10-11,13H2,1H3,(H2,22,26). The number of nitrogens with two attached hydrogens (primary N) is 1. The van der Waals surface area contributed by atoms with Crippen LogP contribution in [0, 0.1) is 5.92 Å². The van der Waals surface area contributed by atoms with Crippen LogP contribution in [-0.4, -0.2) is 47.8 Å². The van der Waals surface area contributed by atoms with Crippen molar-refractivity contribution in [2.24, 2.45) is 11.7 Å². The number of likely N-dealkylation sites (tertiary alicyclic amines) is 1. The van der Waals surface area contributed by atoms with E-state index in [0.29, 0.717) is 12.0 Å². The van der Waals surface area contributed by atoms with Gasteiger partial charge in [-0.1, -0.05) is 40.9 Å². The van der Waals surface area contributed by atoms with Crippen molar-refractivity contribution in [3.05, 3.63) is 34.3 Å². The molecule has 0 spiro atoms. The zero-order chi connectivity index (χ0) is 18.7. The summed E-state index contributed by atoms with van der Waals surface area (Å²) >= 11 is 3.43. The van der Waals surface area contributed by atoms with Gasteiger partial charge in [-0.25, -0.2) is 0 Å². The molecule has 0 radical (unpaired) electrons. The van der Waals surface area contributed by atoms with Crippen molar-refractivity contribution in [1.82, 2.24) is 9.80 Å². The van der Waals surface area contributed by atoms with Gasteiger partial charge in [0, 0.05) is 17.1 Å². The number of carbonyl (C=O) groups excluding carboxylic acids is 2. The Labute approximate surface area is 164 Å². The second-order valence-corrected chi connectivity index (χ2v) is 8.53. The molecule has 26 heavy (non-hydrogen) atoms. The number of hydrogen-bond acceptors (Lipinski definition) is 3. The number of carbonyl (C=O) groups is 2. The number of amides is 2. The average Bonchev–Trinajstić information content (AvgIpc) is 2.61. The minimum absolute atomic E-state index is 0.116. The van der Waals surface area contributed by atoms with Gasteiger partial charge in [-0.05, 0) is 56.3 Å². The molecule has 1 heterocycles. The van der Waals surface area contributed by atoms with Crippen molar-refractivity contribution < 1.29 is 9.59 Å². The van der Waals surface area contributed by atoms with Crippen LogP contribution in [0.3, 0.4) is 0 Å². The topological polar surface area (TPSA) is 66.6 Å². The second kappa shape index (κ2) is 8.53. The summed E-state index contributed by atoms with van der Waals surface area (Å²) in [4.78, 5) is 28.9. The minimum atomic E-state index is -0.608. The molecule has 2 amide bonds. The molecule has 1 aliphatic heterocycles. The predicted octanol–water partition coefficient (Wildman–Crippen LogP) is 3.09. The number of rotatable bonds is 5. The monoisotopic (exact) mass is 421 g/mol. The minimum Gasteiger partial charge on any atom is -0.368 e. The van der Waals surface area contributed by atoms with Gasteiger partial charge in [0.15, 0.2) is 0 Å². The van der Waals surface area contributed by atoms with E-state index in [1.807, 2.05) is 24.3 Å². The molecular weight excluding hydrogens is 394 g/mol. The van der Waals surface area contributed by atoms with E-state index in [1.165, 1.54) is 25.7 Å². The van der Waals surface area contributed by atoms with E-state index in [0.717, 1.165) is 29.4 Å². The first-order chi connectivity index (χ1) is 12.5. The first-order valence-electron chi connectivity index (χ1n) is 9.52. The fourth-order valence-corrected chi connectivity index (χ4v) is 5.06. The molecule has 1 aromatic rings. The van der Waals surface area contributed by atoms with E-state index in [2.05, 4.69) is 20.8 Å². The maximum atomic E-state index is 13.0. The van der Waals surface area contributed by atoms with Gasteiger partial charge in [0.1, 0.15) is 6.04 Å². The molecule has 3 unspecified atom stereocenters.